The number of alkyl halides is 3. The normalized spacial score (nSPS) is 12.1. The first-order valence-corrected chi connectivity index (χ1v) is 11.4. The van der Waals surface area contributed by atoms with Crippen molar-refractivity contribution >= 4 is 17.1 Å². The van der Waals surface area contributed by atoms with Crippen molar-refractivity contribution < 1.29 is 27.1 Å². The zero-order valence-corrected chi connectivity index (χ0v) is 19.9. The summed E-state index contributed by atoms with van der Waals surface area (Å²) >= 11 is 0.821. The highest BCUT2D eigenvalue weighted by Gasteiger charge is 2.31. The van der Waals surface area contributed by atoms with Crippen molar-refractivity contribution in [1.29, 1.82) is 0 Å². The van der Waals surface area contributed by atoms with Crippen molar-refractivity contribution in [2.24, 2.45) is 0 Å². The largest absolute Gasteiger partial charge is 0.573 e. The summed E-state index contributed by atoms with van der Waals surface area (Å²) < 4.78 is 53.8. The molecule has 0 atom stereocenters. The molecule has 0 aliphatic heterocycles. The van der Waals surface area contributed by atoms with Gasteiger partial charge in [0.1, 0.15) is 29.6 Å². The Morgan fingerprint density at radius 1 is 1.17 bits per heavy atom. The lowest BCUT2D eigenvalue weighted by Crippen LogP contribution is -2.16. The lowest BCUT2D eigenvalue weighted by molar-refractivity contribution is -0.274. The summed E-state index contributed by atoms with van der Waals surface area (Å²) in [4.78, 5) is 29.1. The molecule has 0 fully saturated rings. The number of rotatable bonds is 8. The molecule has 12 heteroatoms. The Hall–Kier alpha value is -4.06. The lowest BCUT2D eigenvalue weighted by Gasteiger charge is -2.08. The number of halogens is 3. The second-order valence-corrected chi connectivity index (χ2v) is 8.66. The van der Waals surface area contributed by atoms with E-state index in [-0.39, 0.29) is 24.8 Å². The minimum Gasteiger partial charge on any atom is -0.487 e. The Morgan fingerprint density at radius 2 is 1.92 bits per heavy atom. The van der Waals surface area contributed by atoms with Crippen LogP contribution in [0, 0.1) is 6.92 Å². The molecule has 2 aromatic carbocycles. The monoisotopic (exact) mass is 519 g/mol. The summed E-state index contributed by atoms with van der Waals surface area (Å²) in [6.45, 7) is 3.99. The van der Waals surface area contributed by atoms with Crippen LogP contribution in [0.1, 0.15) is 23.9 Å². The maximum atomic E-state index is 12.3. The van der Waals surface area contributed by atoms with Crippen molar-refractivity contribution in [3.63, 3.8) is 0 Å². The van der Waals surface area contributed by atoms with Gasteiger partial charge in [0.2, 0.25) is 5.89 Å². The average molecular weight is 520 g/mol. The van der Waals surface area contributed by atoms with Crippen LogP contribution in [0.3, 0.4) is 0 Å². The van der Waals surface area contributed by atoms with Gasteiger partial charge in [-0.15, -0.1) is 13.2 Å². The smallest absolute Gasteiger partial charge is 0.487 e. The molecule has 1 N–H and O–H groups in total. The molecule has 0 bridgehead atoms. The maximum absolute atomic E-state index is 12.3. The molecule has 2 aromatic heterocycles. The van der Waals surface area contributed by atoms with E-state index in [0.717, 1.165) is 22.7 Å². The SMILES string of the molecule is CC(=CCn1sc(=O)[nH]c1=O)c1cccc(OCc2nc(-c3ccc(OC(F)(F)F)cc3)oc2C)c1. The molecule has 36 heavy (non-hydrogen) atoms. The summed E-state index contributed by atoms with van der Waals surface area (Å²) in [7, 11) is 0. The van der Waals surface area contributed by atoms with E-state index < -0.39 is 16.9 Å². The molecule has 4 aromatic rings. The number of ether oxygens (including phenoxy) is 2. The van der Waals surface area contributed by atoms with Gasteiger partial charge in [0, 0.05) is 17.1 Å². The molecule has 0 aliphatic rings. The molecule has 0 unspecified atom stereocenters. The van der Waals surface area contributed by atoms with Gasteiger partial charge in [-0.2, -0.15) is 0 Å². The molecular formula is C24H20F3N3O5S. The summed E-state index contributed by atoms with van der Waals surface area (Å²) in [5.74, 6) is 1.02. The minimum atomic E-state index is -4.76. The van der Waals surface area contributed by atoms with Gasteiger partial charge in [0.15, 0.2) is 0 Å². The summed E-state index contributed by atoms with van der Waals surface area (Å²) in [5, 5.41) is 0. The van der Waals surface area contributed by atoms with Crippen LogP contribution >= 0.6 is 11.5 Å². The molecule has 0 saturated heterocycles. The van der Waals surface area contributed by atoms with E-state index in [1.165, 1.54) is 28.2 Å². The van der Waals surface area contributed by atoms with Gasteiger partial charge in [-0.3, -0.25) is 9.78 Å². The standard InChI is InChI=1S/C24H20F3N3O5S/c1-14(10-11-30-22(31)29-23(32)36-30)17-4-3-5-19(12-17)33-13-20-15(2)34-21(28-20)16-6-8-18(9-7-16)35-24(25,26)27/h3-10,12H,11,13H2,1-2H3,(H,29,31,32). The molecule has 0 saturated carbocycles. The van der Waals surface area contributed by atoms with E-state index in [2.05, 4.69) is 14.7 Å². The fraction of sp³-hybridized carbons (Fsp3) is 0.208. The molecule has 0 aliphatic carbocycles. The van der Waals surface area contributed by atoms with E-state index in [0.29, 0.717) is 22.8 Å². The van der Waals surface area contributed by atoms with Crippen molar-refractivity contribution in [1.82, 2.24) is 13.9 Å². The third kappa shape index (κ3) is 6.33. The number of hydrogen-bond acceptors (Lipinski definition) is 7. The number of aromatic amines is 1. The molecule has 8 nitrogen and oxygen atoms in total. The summed E-state index contributed by atoms with van der Waals surface area (Å²) in [5.41, 5.74) is 2.36. The van der Waals surface area contributed by atoms with E-state index in [1.54, 1.807) is 13.0 Å². The van der Waals surface area contributed by atoms with Crippen LogP contribution in [-0.2, 0) is 13.2 Å². The van der Waals surface area contributed by atoms with E-state index in [4.69, 9.17) is 9.15 Å². The third-order valence-corrected chi connectivity index (χ3v) is 5.89. The highest BCUT2D eigenvalue weighted by atomic mass is 32.1. The van der Waals surface area contributed by atoms with Gasteiger partial charge in [-0.1, -0.05) is 18.2 Å². The summed E-state index contributed by atoms with van der Waals surface area (Å²) in [6.07, 6.45) is -2.93. The maximum Gasteiger partial charge on any atom is 0.573 e. The first-order chi connectivity index (χ1) is 17.1. The van der Waals surface area contributed by atoms with Crippen LogP contribution in [0.4, 0.5) is 13.2 Å². The van der Waals surface area contributed by atoms with E-state index in [9.17, 15) is 22.8 Å². The van der Waals surface area contributed by atoms with Crippen molar-refractivity contribution in [3.8, 4) is 23.0 Å². The number of H-pyrrole nitrogens is 1. The lowest BCUT2D eigenvalue weighted by atomic mass is 10.1. The first kappa shape index (κ1) is 25.0. The van der Waals surface area contributed by atoms with Crippen LogP contribution in [0.2, 0.25) is 0 Å². The molecule has 4 rings (SSSR count). The number of hydrogen-bond donors (Lipinski definition) is 1. The molecule has 0 amide bonds. The van der Waals surface area contributed by atoms with E-state index >= 15 is 0 Å². The second kappa shape index (κ2) is 10.3. The number of benzene rings is 2. The van der Waals surface area contributed by atoms with Gasteiger partial charge in [0.05, 0.1) is 6.54 Å². The first-order valence-electron chi connectivity index (χ1n) is 10.6. The van der Waals surface area contributed by atoms with Crippen molar-refractivity contribution in [3.05, 3.63) is 91.8 Å². The molecular weight excluding hydrogens is 499 g/mol. The number of allylic oxidation sites excluding steroid dienone is 2. The minimum absolute atomic E-state index is 0.115. The zero-order chi connectivity index (χ0) is 25.9. The fourth-order valence-corrected chi connectivity index (χ4v) is 3.85. The Morgan fingerprint density at radius 3 is 2.58 bits per heavy atom. The Balaban J connectivity index is 1.42. The zero-order valence-electron chi connectivity index (χ0n) is 19.1. The fourth-order valence-electron chi connectivity index (χ4n) is 3.24. The Labute approximate surface area is 206 Å². The number of nitrogens with zero attached hydrogens (tertiary/aromatic N) is 2. The van der Waals surface area contributed by atoms with Gasteiger partial charge >= 0.3 is 16.9 Å². The molecule has 188 valence electrons. The van der Waals surface area contributed by atoms with Crippen LogP contribution < -0.4 is 20.0 Å². The number of oxazole rings is 1. The molecule has 0 spiro atoms. The van der Waals surface area contributed by atoms with Gasteiger partial charge < -0.3 is 13.9 Å². The predicted molar refractivity (Wildman–Crippen MR) is 127 cm³/mol. The van der Waals surface area contributed by atoms with Gasteiger partial charge in [-0.25, -0.2) is 13.7 Å². The molecule has 2 heterocycles. The second-order valence-electron chi connectivity index (χ2n) is 7.67. The number of aryl methyl sites for hydroxylation is 1. The highest BCUT2D eigenvalue weighted by molar-refractivity contribution is 7.03. The number of aromatic nitrogens is 3. The number of nitrogens with one attached hydrogen (secondary N) is 1. The van der Waals surface area contributed by atoms with Crippen LogP contribution in [0.15, 0.2) is 68.6 Å². The quantitative estimate of drug-likeness (QED) is 0.346. The van der Waals surface area contributed by atoms with Gasteiger partial charge in [0.25, 0.3) is 0 Å². The molecule has 0 radical (unpaired) electrons. The summed E-state index contributed by atoms with van der Waals surface area (Å²) in [6, 6.07) is 12.6. The van der Waals surface area contributed by atoms with Crippen LogP contribution in [-0.4, -0.2) is 20.3 Å². The topological polar surface area (TPSA) is 99.4 Å². The van der Waals surface area contributed by atoms with Gasteiger partial charge in [-0.05, 0) is 61.4 Å². The highest BCUT2D eigenvalue weighted by Crippen LogP contribution is 2.28. The Kier molecular flexibility index (Phi) is 7.15. The third-order valence-electron chi connectivity index (χ3n) is 5.08. The van der Waals surface area contributed by atoms with Crippen LogP contribution in [0.25, 0.3) is 17.0 Å². The predicted octanol–water partition coefficient (Wildman–Crippen LogP) is 5.14. The van der Waals surface area contributed by atoms with Crippen molar-refractivity contribution in [2.75, 3.05) is 0 Å². The van der Waals surface area contributed by atoms with Crippen LogP contribution in [0.5, 0.6) is 11.5 Å². The van der Waals surface area contributed by atoms with Crippen molar-refractivity contribution in [2.45, 2.75) is 33.4 Å². The Bertz CT molecular complexity index is 1500. The average Bonchev–Trinajstić information content (AvgIpc) is 3.36. The van der Waals surface area contributed by atoms with E-state index in [1.807, 2.05) is 31.2 Å².